The Hall–Kier alpha value is 0.570. The van der Waals surface area contributed by atoms with E-state index in [2.05, 4.69) is 27.5 Å². The van der Waals surface area contributed by atoms with Crippen LogP contribution < -0.4 is 0 Å². The van der Waals surface area contributed by atoms with Crippen LogP contribution in [0, 0.1) is 0 Å². The van der Waals surface area contributed by atoms with Crippen LogP contribution in [0.25, 0.3) is 0 Å². The zero-order valence-corrected chi connectivity index (χ0v) is 11.9. The van der Waals surface area contributed by atoms with Crippen molar-refractivity contribution in [2.75, 3.05) is 64.7 Å². The molecule has 0 bridgehead atoms. The lowest BCUT2D eigenvalue weighted by Crippen LogP contribution is -2.19. The van der Waals surface area contributed by atoms with E-state index in [0.717, 1.165) is 24.2 Å². The van der Waals surface area contributed by atoms with Gasteiger partial charge in [-0.15, -0.1) is 0 Å². The van der Waals surface area contributed by atoms with Crippen molar-refractivity contribution in [2.24, 2.45) is 0 Å². The zero-order valence-electron chi connectivity index (χ0n) is 9.71. The van der Waals surface area contributed by atoms with E-state index in [1.54, 1.807) is 0 Å². The molecule has 0 spiro atoms. The maximum Gasteiger partial charge on any atom is 0.0701 e. The number of ether oxygens (including phenoxy) is 3. The van der Waals surface area contributed by atoms with E-state index in [1.807, 2.05) is 14.1 Å². The second kappa shape index (κ2) is 12.6. The molecule has 0 rings (SSSR count). The summed E-state index contributed by atoms with van der Waals surface area (Å²) in [4.78, 5) is 2.10. The van der Waals surface area contributed by atoms with Gasteiger partial charge in [0.05, 0.1) is 39.6 Å². The molecule has 5 heteroatoms. The van der Waals surface area contributed by atoms with Gasteiger partial charge in [0.15, 0.2) is 0 Å². The lowest BCUT2D eigenvalue weighted by atomic mass is 10.6. The molecule has 0 aliphatic carbocycles. The van der Waals surface area contributed by atoms with Gasteiger partial charge in [-0.05, 0) is 14.1 Å². The van der Waals surface area contributed by atoms with E-state index in [9.17, 15) is 0 Å². The minimum Gasteiger partial charge on any atom is -0.378 e. The summed E-state index contributed by atoms with van der Waals surface area (Å²) in [6.07, 6.45) is 0. The van der Waals surface area contributed by atoms with E-state index in [0.29, 0.717) is 26.4 Å². The van der Waals surface area contributed by atoms with Crippen molar-refractivity contribution < 1.29 is 14.2 Å². The Labute approximate surface area is 106 Å². The van der Waals surface area contributed by atoms with E-state index in [-0.39, 0.29) is 0 Å². The molecule has 0 radical (unpaired) electrons. The average molecular weight is 331 g/mol. The lowest BCUT2D eigenvalue weighted by molar-refractivity contribution is 0.0153. The van der Waals surface area contributed by atoms with Gasteiger partial charge in [-0.2, -0.15) is 0 Å². The molecule has 15 heavy (non-hydrogen) atoms. The first-order chi connectivity index (χ1) is 7.27. The summed E-state index contributed by atoms with van der Waals surface area (Å²) < 4.78 is 17.0. The predicted molar refractivity (Wildman–Crippen MR) is 69.9 cm³/mol. The second-order valence-electron chi connectivity index (χ2n) is 3.33. The molecule has 0 atom stereocenters. The minimum atomic E-state index is 0.654. The van der Waals surface area contributed by atoms with E-state index >= 15 is 0 Å². The first-order valence-electron chi connectivity index (χ1n) is 5.21. The Morgan fingerprint density at radius 2 is 1.27 bits per heavy atom. The molecule has 0 saturated heterocycles. The van der Waals surface area contributed by atoms with Gasteiger partial charge in [-0.25, -0.2) is 0 Å². The van der Waals surface area contributed by atoms with Gasteiger partial charge in [0.25, 0.3) is 0 Å². The van der Waals surface area contributed by atoms with E-state index in [1.165, 1.54) is 0 Å². The van der Waals surface area contributed by atoms with Gasteiger partial charge in [-0.3, -0.25) is 0 Å². The lowest BCUT2D eigenvalue weighted by Gasteiger charge is -2.10. The van der Waals surface area contributed by atoms with E-state index in [4.69, 9.17) is 14.2 Å². The van der Waals surface area contributed by atoms with Crippen LogP contribution in [0.3, 0.4) is 0 Å². The van der Waals surface area contributed by atoms with Gasteiger partial charge < -0.3 is 19.1 Å². The fraction of sp³-hybridized carbons (Fsp3) is 1.00. The molecule has 0 N–H and O–H groups in total. The molecule has 0 aromatic rings. The van der Waals surface area contributed by atoms with Gasteiger partial charge in [0.2, 0.25) is 0 Å². The highest BCUT2D eigenvalue weighted by molar-refractivity contribution is 14.1. The number of halogens is 1. The van der Waals surface area contributed by atoms with Crippen LogP contribution in [-0.2, 0) is 14.2 Å². The smallest absolute Gasteiger partial charge is 0.0701 e. The van der Waals surface area contributed by atoms with Crippen LogP contribution in [0.5, 0.6) is 0 Å². The Balaban J connectivity index is 2.87. The normalized spacial score (nSPS) is 11.2. The predicted octanol–water partition coefficient (Wildman–Crippen LogP) is 1.03. The van der Waals surface area contributed by atoms with E-state index < -0.39 is 0 Å². The number of hydrogen-bond acceptors (Lipinski definition) is 4. The summed E-state index contributed by atoms with van der Waals surface area (Å²) in [7, 11) is 4.06. The molecule has 0 fully saturated rings. The van der Waals surface area contributed by atoms with Crippen LogP contribution >= 0.6 is 22.6 Å². The summed E-state index contributed by atoms with van der Waals surface area (Å²) in [5.41, 5.74) is 0. The zero-order chi connectivity index (χ0) is 11.4. The third-order valence-corrected chi connectivity index (χ3v) is 2.09. The molecule has 0 aromatic heterocycles. The van der Waals surface area contributed by atoms with Crippen molar-refractivity contribution in [3.8, 4) is 0 Å². The Morgan fingerprint density at radius 3 is 1.73 bits per heavy atom. The van der Waals surface area contributed by atoms with Gasteiger partial charge in [-0.1, -0.05) is 22.6 Å². The van der Waals surface area contributed by atoms with Gasteiger partial charge in [0, 0.05) is 11.0 Å². The van der Waals surface area contributed by atoms with Gasteiger partial charge in [0.1, 0.15) is 0 Å². The Bertz CT molecular complexity index is 125. The maximum absolute atomic E-state index is 5.36. The summed E-state index contributed by atoms with van der Waals surface area (Å²) >= 11 is 2.29. The molecule has 0 unspecified atom stereocenters. The van der Waals surface area contributed by atoms with Crippen molar-refractivity contribution in [3.63, 3.8) is 0 Å². The SMILES string of the molecule is CN(C)CCOCCOCCOCCI. The number of rotatable bonds is 11. The molecular formula is C10H22INO3. The monoisotopic (exact) mass is 331 g/mol. The molecule has 0 aromatic carbocycles. The summed E-state index contributed by atoms with van der Waals surface area (Å²) in [6, 6.07) is 0. The molecule has 0 heterocycles. The fourth-order valence-electron chi connectivity index (χ4n) is 0.844. The molecule has 0 amide bonds. The average Bonchev–Trinajstić information content (AvgIpc) is 2.20. The van der Waals surface area contributed by atoms with Crippen molar-refractivity contribution in [1.82, 2.24) is 4.90 Å². The van der Waals surface area contributed by atoms with Crippen molar-refractivity contribution in [3.05, 3.63) is 0 Å². The Morgan fingerprint density at radius 1 is 0.800 bits per heavy atom. The highest BCUT2D eigenvalue weighted by Crippen LogP contribution is 1.84. The van der Waals surface area contributed by atoms with Crippen LogP contribution in [0.15, 0.2) is 0 Å². The number of nitrogens with zero attached hydrogens (tertiary/aromatic N) is 1. The second-order valence-corrected chi connectivity index (χ2v) is 4.41. The first-order valence-corrected chi connectivity index (χ1v) is 6.74. The summed E-state index contributed by atoms with van der Waals surface area (Å²) in [5.74, 6) is 0. The van der Waals surface area contributed by atoms with Crippen molar-refractivity contribution in [1.29, 1.82) is 0 Å². The fourth-order valence-corrected chi connectivity index (χ4v) is 1.15. The molecule has 0 aliphatic rings. The van der Waals surface area contributed by atoms with Crippen LogP contribution in [0.1, 0.15) is 0 Å². The third-order valence-electron chi connectivity index (χ3n) is 1.65. The topological polar surface area (TPSA) is 30.9 Å². The number of hydrogen-bond donors (Lipinski definition) is 0. The standard InChI is InChI=1S/C10H22INO3/c1-12(2)4-6-14-8-10-15-9-7-13-5-3-11/h3-10H2,1-2H3. The maximum atomic E-state index is 5.36. The molecule has 92 valence electrons. The Kier molecular flexibility index (Phi) is 13.1. The third kappa shape index (κ3) is 14.6. The number of alkyl halides is 1. The van der Waals surface area contributed by atoms with Crippen LogP contribution in [0.2, 0.25) is 0 Å². The number of likely N-dealkylation sites (N-methyl/N-ethyl adjacent to an activating group) is 1. The largest absolute Gasteiger partial charge is 0.378 e. The van der Waals surface area contributed by atoms with Crippen molar-refractivity contribution in [2.45, 2.75) is 0 Å². The first kappa shape index (κ1) is 15.6. The minimum absolute atomic E-state index is 0.654. The highest BCUT2D eigenvalue weighted by atomic mass is 127. The van der Waals surface area contributed by atoms with Crippen LogP contribution in [-0.4, -0.2) is 69.6 Å². The summed E-state index contributed by atoms with van der Waals surface area (Å²) in [5, 5.41) is 0. The molecule has 4 nitrogen and oxygen atoms in total. The quantitative estimate of drug-likeness (QED) is 0.322. The highest BCUT2D eigenvalue weighted by Gasteiger charge is 1.92. The molecule has 0 aliphatic heterocycles. The molecule has 0 saturated carbocycles. The van der Waals surface area contributed by atoms with Crippen molar-refractivity contribution >= 4 is 22.6 Å². The molecular weight excluding hydrogens is 309 g/mol. The van der Waals surface area contributed by atoms with Gasteiger partial charge >= 0.3 is 0 Å². The van der Waals surface area contributed by atoms with Crippen LogP contribution in [0.4, 0.5) is 0 Å². The summed E-state index contributed by atoms with van der Waals surface area (Å²) in [6.45, 7) is 5.19.